The van der Waals surface area contributed by atoms with E-state index in [1.807, 2.05) is 0 Å². The van der Waals surface area contributed by atoms with Crippen LogP contribution in [0.3, 0.4) is 0 Å². The van der Waals surface area contributed by atoms with Crippen LogP contribution in [0, 0.1) is 5.92 Å². The number of hydrogen-bond acceptors (Lipinski definition) is 1. The maximum absolute atomic E-state index is 6.69. The summed E-state index contributed by atoms with van der Waals surface area (Å²) < 4.78 is 0. The maximum Gasteiger partial charge on any atom is 0.0297 e. The van der Waals surface area contributed by atoms with Crippen LogP contribution in [0.15, 0.2) is 30.3 Å². The Hall–Kier alpha value is -0.340. The molecule has 0 radical (unpaired) electrons. The molecule has 42 heavy (non-hydrogen) atoms. The predicted octanol–water partition coefficient (Wildman–Crippen LogP) is 14.6. The Labute approximate surface area is 276 Å². The highest BCUT2D eigenvalue weighted by Crippen LogP contribution is 2.28. The number of nitrogens with two attached hydrogens (primary N) is 1. The second kappa shape index (κ2) is 33.6. The molecule has 248 valence electrons. The number of hydrogen-bond donors (Lipinski definition) is 1. The van der Waals surface area contributed by atoms with Crippen LogP contribution in [0.4, 0.5) is 0 Å². The molecule has 0 fully saturated rings. The van der Waals surface area contributed by atoms with Crippen LogP contribution in [0.5, 0.6) is 0 Å². The van der Waals surface area contributed by atoms with Crippen molar-refractivity contribution in [1.82, 2.24) is 0 Å². The molecule has 1 nitrogen and oxygen atoms in total. The minimum absolute atomic E-state index is 0. The molecule has 2 unspecified atom stereocenters. The predicted molar refractivity (Wildman–Crippen MR) is 197 cm³/mol. The van der Waals surface area contributed by atoms with Gasteiger partial charge in [-0.15, -0.1) is 17.0 Å². The van der Waals surface area contributed by atoms with Crippen molar-refractivity contribution < 1.29 is 0 Å². The highest BCUT2D eigenvalue weighted by atomic mass is 79.9. The van der Waals surface area contributed by atoms with Crippen LogP contribution in [0.25, 0.3) is 0 Å². The SMILES string of the molecule is Br.CCCCCCCCCCCCCCCCCC(CCCCCCCCCCCCCC)CC(N)c1ccccc1. The van der Waals surface area contributed by atoms with Crippen LogP contribution in [0.2, 0.25) is 0 Å². The molecule has 2 N–H and O–H groups in total. The van der Waals surface area contributed by atoms with Crippen molar-refractivity contribution in [2.24, 2.45) is 11.7 Å². The van der Waals surface area contributed by atoms with Gasteiger partial charge in [-0.05, 0) is 17.9 Å². The zero-order chi connectivity index (χ0) is 29.5. The Morgan fingerprint density at radius 3 is 1.02 bits per heavy atom. The lowest BCUT2D eigenvalue weighted by atomic mass is 9.87. The Morgan fingerprint density at radius 1 is 0.429 bits per heavy atom. The van der Waals surface area contributed by atoms with Gasteiger partial charge in [0.25, 0.3) is 0 Å². The van der Waals surface area contributed by atoms with Gasteiger partial charge in [-0.25, -0.2) is 0 Å². The van der Waals surface area contributed by atoms with Crippen molar-refractivity contribution in [3.05, 3.63) is 35.9 Å². The van der Waals surface area contributed by atoms with Crippen molar-refractivity contribution in [1.29, 1.82) is 0 Å². The fraction of sp³-hybridized carbons (Fsp3) is 0.850. The zero-order valence-electron chi connectivity index (χ0n) is 28.7. The van der Waals surface area contributed by atoms with E-state index >= 15 is 0 Å². The molecule has 0 heterocycles. The Morgan fingerprint density at radius 2 is 0.714 bits per heavy atom. The minimum Gasteiger partial charge on any atom is -0.324 e. The average Bonchev–Trinajstić information content (AvgIpc) is 2.99. The summed E-state index contributed by atoms with van der Waals surface area (Å²) in [4.78, 5) is 0. The molecule has 0 amide bonds. The molecule has 1 rings (SSSR count). The van der Waals surface area contributed by atoms with Crippen molar-refractivity contribution in [3.8, 4) is 0 Å². The Balaban J connectivity index is 0.0000168. The molecule has 2 atom stereocenters. The van der Waals surface area contributed by atoms with Crippen molar-refractivity contribution >= 4 is 17.0 Å². The monoisotopic (exact) mass is 650 g/mol. The van der Waals surface area contributed by atoms with Crippen LogP contribution >= 0.6 is 17.0 Å². The van der Waals surface area contributed by atoms with Crippen molar-refractivity contribution in [2.45, 2.75) is 213 Å². The molecule has 0 bridgehead atoms. The third-order valence-electron chi connectivity index (χ3n) is 9.50. The molecule has 0 spiro atoms. The molecule has 0 aliphatic rings. The van der Waals surface area contributed by atoms with E-state index in [1.165, 1.54) is 198 Å². The standard InChI is InChI=1S/C40H75N.BrH/c1-3-5-7-9-11-13-15-17-18-19-21-23-25-27-30-34-38(37-40(41)39-35-31-28-32-36-39)33-29-26-24-22-20-16-14-12-10-8-6-4-2;/h28,31-32,35-36,38,40H,3-27,29-30,33-34,37,41H2,1-2H3;1H. The first-order valence-corrected chi connectivity index (χ1v) is 19.1. The minimum atomic E-state index is 0. The first-order valence-electron chi connectivity index (χ1n) is 19.1. The fourth-order valence-corrected chi connectivity index (χ4v) is 6.65. The number of unbranched alkanes of at least 4 members (excludes halogenated alkanes) is 25. The lowest BCUT2D eigenvalue weighted by Crippen LogP contribution is -2.16. The summed E-state index contributed by atoms with van der Waals surface area (Å²) in [6.45, 7) is 4.61. The van der Waals surface area contributed by atoms with E-state index in [0.717, 1.165) is 5.92 Å². The molecule has 0 aliphatic carbocycles. The van der Waals surface area contributed by atoms with E-state index < -0.39 is 0 Å². The van der Waals surface area contributed by atoms with Gasteiger partial charge in [0, 0.05) is 6.04 Å². The molecule has 1 aromatic carbocycles. The van der Waals surface area contributed by atoms with E-state index in [9.17, 15) is 0 Å². The highest BCUT2D eigenvalue weighted by molar-refractivity contribution is 8.93. The first-order chi connectivity index (χ1) is 20.3. The van der Waals surface area contributed by atoms with E-state index in [0.29, 0.717) is 0 Å². The molecular formula is C40H76BrN. The Kier molecular flexibility index (Phi) is 33.3. The third-order valence-corrected chi connectivity index (χ3v) is 9.50. The summed E-state index contributed by atoms with van der Waals surface area (Å²) in [5.41, 5.74) is 8.01. The molecule has 0 saturated heterocycles. The summed E-state index contributed by atoms with van der Waals surface area (Å²) in [5.74, 6) is 0.801. The van der Waals surface area contributed by atoms with E-state index in [1.54, 1.807) is 0 Å². The third kappa shape index (κ3) is 27.2. The number of halogens is 1. The molecule has 0 aromatic heterocycles. The quantitative estimate of drug-likeness (QED) is 0.0772. The van der Waals surface area contributed by atoms with E-state index in [4.69, 9.17) is 5.73 Å². The summed E-state index contributed by atoms with van der Waals surface area (Å²) in [6.07, 6.45) is 42.9. The van der Waals surface area contributed by atoms with Gasteiger partial charge in [0.2, 0.25) is 0 Å². The van der Waals surface area contributed by atoms with Gasteiger partial charge in [0.1, 0.15) is 0 Å². The summed E-state index contributed by atoms with van der Waals surface area (Å²) in [6, 6.07) is 11.0. The van der Waals surface area contributed by atoms with Crippen molar-refractivity contribution in [3.63, 3.8) is 0 Å². The largest absolute Gasteiger partial charge is 0.324 e. The van der Waals surface area contributed by atoms with Crippen LogP contribution < -0.4 is 5.73 Å². The fourth-order valence-electron chi connectivity index (χ4n) is 6.65. The second-order valence-corrected chi connectivity index (χ2v) is 13.5. The summed E-state index contributed by atoms with van der Waals surface area (Å²) >= 11 is 0. The molecule has 2 heteroatoms. The van der Waals surface area contributed by atoms with Gasteiger partial charge in [0.05, 0.1) is 0 Å². The molecule has 1 aromatic rings. The van der Waals surface area contributed by atoms with Crippen LogP contribution in [-0.4, -0.2) is 0 Å². The van der Waals surface area contributed by atoms with Gasteiger partial charge in [0.15, 0.2) is 0 Å². The normalized spacial score (nSPS) is 12.7. The maximum atomic E-state index is 6.69. The smallest absolute Gasteiger partial charge is 0.0297 e. The lowest BCUT2D eigenvalue weighted by molar-refractivity contribution is 0.355. The van der Waals surface area contributed by atoms with Crippen LogP contribution in [-0.2, 0) is 0 Å². The zero-order valence-corrected chi connectivity index (χ0v) is 30.5. The van der Waals surface area contributed by atoms with Crippen molar-refractivity contribution in [2.75, 3.05) is 0 Å². The number of benzene rings is 1. The summed E-state index contributed by atoms with van der Waals surface area (Å²) in [7, 11) is 0. The second-order valence-electron chi connectivity index (χ2n) is 13.5. The van der Waals surface area contributed by atoms with Gasteiger partial charge in [-0.2, -0.15) is 0 Å². The van der Waals surface area contributed by atoms with Gasteiger partial charge >= 0.3 is 0 Å². The molecule has 0 saturated carbocycles. The summed E-state index contributed by atoms with van der Waals surface area (Å²) in [5, 5.41) is 0. The number of rotatable bonds is 32. The van der Waals surface area contributed by atoms with Gasteiger partial charge in [-0.1, -0.05) is 230 Å². The van der Waals surface area contributed by atoms with Crippen LogP contribution in [0.1, 0.15) is 218 Å². The van der Waals surface area contributed by atoms with Gasteiger partial charge in [-0.3, -0.25) is 0 Å². The molecular weight excluding hydrogens is 574 g/mol. The lowest BCUT2D eigenvalue weighted by Gasteiger charge is -2.21. The van der Waals surface area contributed by atoms with E-state index in [-0.39, 0.29) is 23.0 Å². The van der Waals surface area contributed by atoms with Gasteiger partial charge < -0.3 is 5.73 Å². The highest BCUT2D eigenvalue weighted by Gasteiger charge is 2.15. The first kappa shape index (κ1) is 41.7. The topological polar surface area (TPSA) is 26.0 Å². The Bertz CT molecular complexity index is 617. The van der Waals surface area contributed by atoms with E-state index in [2.05, 4.69) is 44.2 Å². The molecule has 0 aliphatic heterocycles. The average molecular weight is 651 g/mol.